The Hall–Kier alpha value is -1.79. The third kappa shape index (κ3) is 4.89. The van der Waals surface area contributed by atoms with E-state index in [1.54, 1.807) is 0 Å². The highest BCUT2D eigenvalue weighted by Crippen LogP contribution is 2.38. The molecule has 26 heavy (non-hydrogen) atoms. The van der Waals surface area contributed by atoms with Crippen molar-refractivity contribution in [3.8, 4) is 5.75 Å². The first-order chi connectivity index (χ1) is 12.3. The molecule has 2 amide bonds. The number of imide groups is 1. The molecule has 0 spiro atoms. The molecule has 1 heterocycles. The van der Waals surface area contributed by atoms with Gasteiger partial charge in [0.25, 0.3) is 11.8 Å². The van der Waals surface area contributed by atoms with Gasteiger partial charge in [0.05, 0.1) is 36.3 Å². The number of carbonyl (C=O) groups is 2. The number of hydrogen-bond acceptors (Lipinski definition) is 5. The van der Waals surface area contributed by atoms with Gasteiger partial charge in [-0.3, -0.25) is 14.5 Å². The largest absolute Gasteiger partial charge is 0.494 e. The van der Waals surface area contributed by atoms with Crippen molar-refractivity contribution < 1.29 is 19.1 Å². The van der Waals surface area contributed by atoms with Gasteiger partial charge in [0, 0.05) is 5.25 Å². The molecule has 2 rings (SSSR count). The van der Waals surface area contributed by atoms with Crippen molar-refractivity contribution >= 4 is 29.1 Å². The van der Waals surface area contributed by atoms with Gasteiger partial charge in [0.2, 0.25) is 0 Å². The summed E-state index contributed by atoms with van der Waals surface area (Å²) in [5, 5.41) is 0.200. The minimum absolute atomic E-state index is 0.0610. The summed E-state index contributed by atoms with van der Waals surface area (Å²) in [6.07, 6.45) is 0.0610. The number of thioether (sulfide) groups is 1. The average molecular weight is 378 g/mol. The first kappa shape index (κ1) is 20.5. The van der Waals surface area contributed by atoms with E-state index in [4.69, 9.17) is 9.47 Å². The number of hydrogen-bond donors (Lipinski definition) is 0. The molecule has 0 N–H and O–H groups in total. The minimum atomic E-state index is -0.255. The summed E-state index contributed by atoms with van der Waals surface area (Å²) in [4.78, 5) is 27.6. The number of rotatable bonds is 9. The zero-order chi connectivity index (χ0) is 19.3. The maximum atomic E-state index is 12.9. The van der Waals surface area contributed by atoms with Gasteiger partial charge in [0.15, 0.2) is 0 Å². The molecule has 1 aromatic rings. The molecule has 1 aromatic carbocycles. The third-order valence-corrected chi connectivity index (χ3v) is 4.78. The fourth-order valence-electron chi connectivity index (χ4n) is 2.62. The third-order valence-electron chi connectivity index (χ3n) is 3.70. The SMILES string of the molecule is CCOc1ccc(C2=C(SC(C)C)C(=O)N(CCOC(C)C)C2=O)cc1. The number of benzene rings is 1. The van der Waals surface area contributed by atoms with Crippen molar-refractivity contribution in [3.05, 3.63) is 34.7 Å². The molecule has 142 valence electrons. The van der Waals surface area contributed by atoms with Gasteiger partial charge < -0.3 is 9.47 Å². The van der Waals surface area contributed by atoms with E-state index in [9.17, 15) is 9.59 Å². The highest BCUT2D eigenvalue weighted by molar-refractivity contribution is 8.04. The molecular weight excluding hydrogens is 350 g/mol. The number of amides is 2. The van der Waals surface area contributed by atoms with Gasteiger partial charge in [-0.1, -0.05) is 26.0 Å². The van der Waals surface area contributed by atoms with Crippen LogP contribution in [0.15, 0.2) is 29.2 Å². The lowest BCUT2D eigenvalue weighted by atomic mass is 10.1. The lowest BCUT2D eigenvalue weighted by molar-refractivity contribution is -0.137. The van der Waals surface area contributed by atoms with Gasteiger partial charge in [-0.25, -0.2) is 0 Å². The zero-order valence-electron chi connectivity index (χ0n) is 16.1. The Morgan fingerprint density at radius 2 is 1.69 bits per heavy atom. The van der Waals surface area contributed by atoms with Gasteiger partial charge in [-0.05, 0) is 38.5 Å². The van der Waals surface area contributed by atoms with Crippen molar-refractivity contribution in [2.45, 2.75) is 46.0 Å². The average Bonchev–Trinajstić information content (AvgIpc) is 2.79. The van der Waals surface area contributed by atoms with Crippen LogP contribution in [0.3, 0.4) is 0 Å². The summed E-state index contributed by atoms with van der Waals surface area (Å²) >= 11 is 1.43. The second-order valence-electron chi connectivity index (χ2n) is 6.51. The highest BCUT2D eigenvalue weighted by Gasteiger charge is 2.39. The number of ether oxygens (including phenoxy) is 2. The standard InChI is InChI=1S/C20H27NO4S/c1-6-24-16-9-7-15(8-10-16)17-18(26-14(4)5)20(23)21(19(17)22)11-12-25-13(2)3/h7-10,13-14H,6,11-12H2,1-5H3. The van der Waals surface area contributed by atoms with E-state index in [0.717, 1.165) is 11.3 Å². The van der Waals surface area contributed by atoms with Crippen LogP contribution < -0.4 is 4.74 Å². The Morgan fingerprint density at radius 3 is 2.23 bits per heavy atom. The van der Waals surface area contributed by atoms with Crippen LogP contribution in [-0.4, -0.2) is 47.8 Å². The topological polar surface area (TPSA) is 55.8 Å². The van der Waals surface area contributed by atoms with Crippen molar-refractivity contribution in [1.82, 2.24) is 4.90 Å². The Morgan fingerprint density at radius 1 is 1.04 bits per heavy atom. The molecule has 1 aliphatic heterocycles. The van der Waals surface area contributed by atoms with Crippen molar-refractivity contribution in [2.75, 3.05) is 19.8 Å². The molecule has 0 atom stereocenters. The zero-order valence-corrected chi connectivity index (χ0v) is 16.9. The van der Waals surface area contributed by atoms with Gasteiger partial charge in [0.1, 0.15) is 5.75 Å². The molecule has 0 bridgehead atoms. The Bertz CT molecular complexity index is 680. The second kappa shape index (κ2) is 9.24. The molecule has 0 saturated heterocycles. The Labute approximate surface area is 159 Å². The Kier molecular flexibility index (Phi) is 7.29. The second-order valence-corrected chi connectivity index (χ2v) is 8.10. The van der Waals surface area contributed by atoms with Crippen molar-refractivity contribution in [1.29, 1.82) is 0 Å². The fourth-order valence-corrected chi connectivity index (χ4v) is 3.63. The van der Waals surface area contributed by atoms with Crippen LogP contribution >= 0.6 is 11.8 Å². The molecule has 6 heteroatoms. The van der Waals surface area contributed by atoms with Crippen LogP contribution in [0, 0.1) is 0 Å². The molecule has 0 unspecified atom stereocenters. The van der Waals surface area contributed by atoms with Crippen LogP contribution in [0.1, 0.15) is 40.2 Å². The lowest BCUT2D eigenvalue weighted by Gasteiger charge is -2.16. The minimum Gasteiger partial charge on any atom is -0.494 e. The molecular formula is C20H27NO4S. The van der Waals surface area contributed by atoms with Crippen LogP contribution in [-0.2, 0) is 14.3 Å². The number of nitrogens with zero attached hydrogens (tertiary/aromatic N) is 1. The molecule has 0 aliphatic carbocycles. The summed E-state index contributed by atoms with van der Waals surface area (Å²) < 4.78 is 11.0. The fraction of sp³-hybridized carbons (Fsp3) is 0.500. The maximum absolute atomic E-state index is 12.9. The first-order valence-electron chi connectivity index (χ1n) is 8.97. The molecule has 5 nitrogen and oxygen atoms in total. The van der Waals surface area contributed by atoms with Crippen LogP contribution in [0.25, 0.3) is 5.57 Å². The predicted molar refractivity (Wildman–Crippen MR) is 105 cm³/mol. The predicted octanol–water partition coefficient (Wildman–Crippen LogP) is 3.73. The summed E-state index contributed by atoms with van der Waals surface area (Å²) in [6.45, 7) is 11.0. The molecule has 0 radical (unpaired) electrons. The summed E-state index contributed by atoms with van der Waals surface area (Å²) in [5.41, 5.74) is 1.21. The normalized spacial score (nSPS) is 15.0. The van der Waals surface area contributed by atoms with Crippen molar-refractivity contribution in [2.24, 2.45) is 0 Å². The molecule has 0 saturated carbocycles. The smallest absolute Gasteiger partial charge is 0.268 e. The molecule has 1 aliphatic rings. The van der Waals surface area contributed by atoms with E-state index < -0.39 is 0 Å². The number of carbonyl (C=O) groups excluding carboxylic acids is 2. The van der Waals surface area contributed by atoms with E-state index in [1.807, 2.05) is 58.9 Å². The quantitative estimate of drug-likeness (QED) is 0.614. The van der Waals surface area contributed by atoms with Crippen LogP contribution in [0.5, 0.6) is 5.75 Å². The first-order valence-corrected chi connectivity index (χ1v) is 9.85. The lowest BCUT2D eigenvalue weighted by Crippen LogP contribution is -2.35. The van der Waals surface area contributed by atoms with Gasteiger partial charge in [-0.2, -0.15) is 0 Å². The maximum Gasteiger partial charge on any atom is 0.268 e. The monoisotopic (exact) mass is 377 g/mol. The van der Waals surface area contributed by atoms with E-state index in [2.05, 4.69) is 0 Å². The Balaban J connectivity index is 2.29. The van der Waals surface area contributed by atoms with Gasteiger partial charge >= 0.3 is 0 Å². The van der Waals surface area contributed by atoms with E-state index in [1.165, 1.54) is 16.7 Å². The highest BCUT2D eigenvalue weighted by atomic mass is 32.2. The van der Waals surface area contributed by atoms with Crippen LogP contribution in [0.2, 0.25) is 0 Å². The molecule has 0 fully saturated rings. The van der Waals surface area contributed by atoms with E-state index in [-0.39, 0.29) is 29.7 Å². The van der Waals surface area contributed by atoms with E-state index in [0.29, 0.717) is 23.7 Å². The van der Waals surface area contributed by atoms with Gasteiger partial charge in [-0.15, -0.1) is 11.8 Å². The summed E-state index contributed by atoms with van der Waals surface area (Å²) in [5.74, 6) is 0.258. The molecule has 0 aromatic heterocycles. The van der Waals surface area contributed by atoms with Crippen LogP contribution in [0.4, 0.5) is 0 Å². The van der Waals surface area contributed by atoms with Crippen molar-refractivity contribution in [3.63, 3.8) is 0 Å². The summed E-state index contributed by atoms with van der Waals surface area (Å²) in [6, 6.07) is 7.32. The van der Waals surface area contributed by atoms with E-state index >= 15 is 0 Å². The summed E-state index contributed by atoms with van der Waals surface area (Å²) in [7, 11) is 0.